The number of hydrogen-bond acceptors (Lipinski definition) is 3. The second kappa shape index (κ2) is 5.72. The van der Waals surface area contributed by atoms with Crippen molar-refractivity contribution >= 4 is 10.9 Å². The van der Waals surface area contributed by atoms with Gasteiger partial charge in [-0.15, -0.1) is 0 Å². The highest BCUT2D eigenvalue weighted by Gasteiger charge is 2.19. The summed E-state index contributed by atoms with van der Waals surface area (Å²) in [7, 11) is 0. The standard InChI is InChI=1S/C16H11F4N3O/c1-7(21)15-22-14-12(5-10(19)6-13(14)20)16(24)23(15)11-3-8(17)2-9(18)4-11/h2-7H,21H2,1H3/t7-/m0/s1. The first kappa shape index (κ1) is 16.1. The predicted octanol–water partition coefficient (Wildman–Crippen LogP) is 2.96. The Morgan fingerprint density at radius 3 is 2.17 bits per heavy atom. The highest BCUT2D eigenvalue weighted by molar-refractivity contribution is 5.78. The Morgan fingerprint density at radius 2 is 1.58 bits per heavy atom. The lowest BCUT2D eigenvalue weighted by Gasteiger charge is -2.16. The minimum atomic E-state index is -1.03. The zero-order valence-electron chi connectivity index (χ0n) is 12.4. The molecule has 0 unspecified atom stereocenters. The van der Waals surface area contributed by atoms with E-state index in [0.717, 1.165) is 22.8 Å². The van der Waals surface area contributed by atoms with Gasteiger partial charge in [-0.3, -0.25) is 9.36 Å². The van der Waals surface area contributed by atoms with E-state index in [0.29, 0.717) is 12.1 Å². The zero-order chi connectivity index (χ0) is 17.6. The van der Waals surface area contributed by atoms with Crippen LogP contribution in [0.3, 0.4) is 0 Å². The number of nitrogens with two attached hydrogens (primary N) is 1. The summed E-state index contributed by atoms with van der Waals surface area (Å²) in [5, 5.41) is -0.360. The molecule has 0 aliphatic heterocycles. The van der Waals surface area contributed by atoms with Crippen molar-refractivity contribution < 1.29 is 17.6 Å². The van der Waals surface area contributed by atoms with Gasteiger partial charge in [0.15, 0.2) is 5.82 Å². The van der Waals surface area contributed by atoms with Crippen molar-refractivity contribution in [3.8, 4) is 5.69 Å². The van der Waals surface area contributed by atoms with Gasteiger partial charge in [0.2, 0.25) is 0 Å². The van der Waals surface area contributed by atoms with E-state index in [9.17, 15) is 22.4 Å². The van der Waals surface area contributed by atoms with Gasteiger partial charge in [-0.2, -0.15) is 0 Å². The lowest BCUT2D eigenvalue weighted by molar-refractivity contribution is 0.577. The number of rotatable bonds is 2. The van der Waals surface area contributed by atoms with Gasteiger partial charge in [-0.25, -0.2) is 22.5 Å². The molecule has 1 atom stereocenters. The van der Waals surface area contributed by atoms with Crippen LogP contribution in [0.5, 0.6) is 0 Å². The van der Waals surface area contributed by atoms with Crippen molar-refractivity contribution in [1.29, 1.82) is 0 Å². The second-order valence-electron chi connectivity index (χ2n) is 5.31. The van der Waals surface area contributed by atoms with Gasteiger partial charge in [0.25, 0.3) is 5.56 Å². The van der Waals surface area contributed by atoms with Crippen molar-refractivity contribution in [3.63, 3.8) is 0 Å². The largest absolute Gasteiger partial charge is 0.322 e. The van der Waals surface area contributed by atoms with Gasteiger partial charge in [0.05, 0.1) is 17.1 Å². The predicted molar refractivity (Wildman–Crippen MR) is 79.8 cm³/mol. The molecule has 0 saturated heterocycles. The van der Waals surface area contributed by atoms with E-state index in [1.807, 2.05) is 0 Å². The maximum absolute atomic E-state index is 13.9. The molecule has 0 aliphatic rings. The smallest absolute Gasteiger partial charge is 0.266 e. The third-order valence-corrected chi connectivity index (χ3v) is 3.43. The Bertz CT molecular complexity index is 994. The maximum atomic E-state index is 13.9. The molecule has 8 heteroatoms. The number of aromatic nitrogens is 2. The van der Waals surface area contributed by atoms with E-state index >= 15 is 0 Å². The summed E-state index contributed by atoms with van der Waals surface area (Å²) in [6.07, 6.45) is 0. The van der Waals surface area contributed by atoms with Crippen LogP contribution >= 0.6 is 0 Å². The average molecular weight is 337 g/mol. The van der Waals surface area contributed by atoms with Gasteiger partial charge in [0.1, 0.15) is 28.8 Å². The molecule has 2 aromatic carbocycles. The molecule has 24 heavy (non-hydrogen) atoms. The number of benzene rings is 2. The topological polar surface area (TPSA) is 60.9 Å². The van der Waals surface area contributed by atoms with Crippen LogP contribution in [-0.2, 0) is 0 Å². The fourth-order valence-electron chi connectivity index (χ4n) is 2.46. The first-order valence-corrected chi connectivity index (χ1v) is 6.91. The summed E-state index contributed by atoms with van der Waals surface area (Å²) >= 11 is 0. The van der Waals surface area contributed by atoms with E-state index in [4.69, 9.17) is 5.73 Å². The number of hydrogen-bond donors (Lipinski definition) is 1. The second-order valence-corrected chi connectivity index (χ2v) is 5.31. The molecule has 0 aliphatic carbocycles. The van der Waals surface area contributed by atoms with Crippen molar-refractivity contribution in [2.75, 3.05) is 0 Å². The van der Waals surface area contributed by atoms with Crippen molar-refractivity contribution in [3.05, 3.63) is 69.8 Å². The van der Waals surface area contributed by atoms with Crippen LogP contribution in [0.2, 0.25) is 0 Å². The number of nitrogens with zero attached hydrogens (tertiary/aromatic N) is 2. The van der Waals surface area contributed by atoms with Crippen LogP contribution < -0.4 is 11.3 Å². The van der Waals surface area contributed by atoms with Gasteiger partial charge < -0.3 is 5.73 Å². The van der Waals surface area contributed by atoms with Crippen LogP contribution in [0.15, 0.2) is 35.1 Å². The molecular weight excluding hydrogens is 326 g/mol. The average Bonchev–Trinajstić information content (AvgIpc) is 2.46. The third kappa shape index (κ3) is 2.65. The van der Waals surface area contributed by atoms with Crippen molar-refractivity contribution in [2.24, 2.45) is 5.73 Å². The van der Waals surface area contributed by atoms with E-state index in [2.05, 4.69) is 4.98 Å². The Morgan fingerprint density at radius 1 is 1.00 bits per heavy atom. The Kier molecular flexibility index (Phi) is 3.84. The van der Waals surface area contributed by atoms with Gasteiger partial charge in [-0.1, -0.05) is 0 Å². The van der Waals surface area contributed by atoms with E-state index in [1.165, 1.54) is 6.92 Å². The summed E-state index contributed by atoms with van der Waals surface area (Å²) < 4.78 is 55.2. The van der Waals surface area contributed by atoms with E-state index in [1.54, 1.807) is 0 Å². The third-order valence-electron chi connectivity index (χ3n) is 3.43. The first-order chi connectivity index (χ1) is 11.3. The molecule has 3 rings (SSSR count). The highest BCUT2D eigenvalue weighted by Crippen LogP contribution is 2.21. The van der Waals surface area contributed by atoms with Crippen LogP contribution in [0.25, 0.3) is 16.6 Å². The summed E-state index contributed by atoms with van der Waals surface area (Å²) in [5.41, 5.74) is 4.35. The Hall–Kier alpha value is -2.74. The monoisotopic (exact) mass is 337 g/mol. The molecule has 0 spiro atoms. The van der Waals surface area contributed by atoms with Crippen LogP contribution in [-0.4, -0.2) is 9.55 Å². The van der Waals surface area contributed by atoms with E-state index in [-0.39, 0.29) is 22.4 Å². The molecule has 4 nitrogen and oxygen atoms in total. The minimum Gasteiger partial charge on any atom is -0.322 e. The van der Waals surface area contributed by atoms with Crippen molar-refractivity contribution in [2.45, 2.75) is 13.0 Å². The van der Waals surface area contributed by atoms with Crippen LogP contribution in [0.1, 0.15) is 18.8 Å². The molecule has 2 N–H and O–H groups in total. The Labute approximate surface area is 133 Å². The fraction of sp³-hybridized carbons (Fsp3) is 0.125. The highest BCUT2D eigenvalue weighted by atomic mass is 19.1. The normalized spacial score (nSPS) is 12.6. The van der Waals surface area contributed by atoms with Crippen molar-refractivity contribution in [1.82, 2.24) is 9.55 Å². The van der Waals surface area contributed by atoms with E-state index < -0.39 is 34.9 Å². The summed E-state index contributed by atoms with van der Waals surface area (Å²) in [5.74, 6) is -3.94. The minimum absolute atomic E-state index is 0.108. The summed E-state index contributed by atoms with van der Waals surface area (Å²) in [6.45, 7) is 1.47. The maximum Gasteiger partial charge on any atom is 0.266 e. The van der Waals surface area contributed by atoms with Gasteiger partial charge in [0, 0.05) is 12.1 Å². The molecule has 0 radical (unpaired) electrons. The molecule has 1 aromatic heterocycles. The van der Waals surface area contributed by atoms with Gasteiger partial charge >= 0.3 is 0 Å². The Balaban J connectivity index is 2.48. The zero-order valence-corrected chi connectivity index (χ0v) is 12.4. The SMILES string of the molecule is C[C@H](N)c1nc2c(F)cc(F)cc2c(=O)n1-c1cc(F)cc(F)c1. The van der Waals surface area contributed by atoms with Gasteiger partial charge in [-0.05, 0) is 25.1 Å². The molecule has 0 saturated carbocycles. The molecule has 1 heterocycles. The molecule has 0 fully saturated rings. The summed E-state index contributed by atoms with van der Waals surface area (Å²) in [6, 6.07) is 2.99. The van der Waals surface area contributed by atoms with Crippen LogP contribution in [0, 0.1) is 23.3 Å². The molecule has 124 valence electrons. The van der Waals surface area contributed by atoms with Crippen LogP contribution in [0.4, 0.5) is 17.6 Å². The number of halogens is 4. The molecule has 0 bridgehead atoms. The lowest BCUT2D eigenvalue weighted by atomic mass is 10.2. The summed E-state index contributed by atoms with van der Waals surface area (Å²) in [4.78, 5) is 16.6. The quantitative estimate of drug-likeness (QED) is 0.732. The number of fused-ring (bicyclic) bond motifs is 1. The fourth-order valence-corrected chi connectivity index (χ4v) is 2.46. The molecular formula is C16H11F4N3O. The molecule has 0 amide bonds. The first-order valence-electron chi connectivity index (χ1n) is 6.91. The lowest BCUT2D eigenvalue weighted by Crippen LogP contribution is -2.28. The molecule has 3 aromatic rings.